The number of methoxy groups -OCH3 is 1. The molecule has 0 aliphatic rings. The highest BCUT2D eigenvalue weighted by atomic mass is 16.5. The molecule has 0 bridgehead atoms. The molecule has 0 radical (unpaired) electrons. The molecule has 0 saturated heterocycles. The first-order valence-electron chi connectivity index (χ1n) is 6.46. The molecule has 1 rings (SSSR count). The maximum atomic E-state index is 11.7. The monoisotopic (exact) mass is 262 g/mol. The molecule has 19 heavy (non-hydrogen) atoms. The molecule has 0 aromatic heterocycles. The van der Waals surface area contributed by atoms with Crippen molar-refractivity contribution in [2.45, 2.75) is 33.6 Å². The quantitative estimate of drug-likeness (QED) is 0.633. The van der Waals surface area contributed by atoms with E-state index in [1.165, 1.54) is 0 Å². The number of rotatable bonds is 6. The van der Waals surface area contributed by atoms with E-state index in [4.69, 9.17) is 4.74 Å². The molecular formula is C15H22N2O2. The average Bonchev–Trinajstić information content (AvgIpc) is 2.36. The van der Waals surface area contributed by atoms with Gasteiger partial charge >= 0.3 is 0 Å². The van der Waals surface area contributed by atoms with Crippen LogP contribution in [0.2, 0.25) is 0 Å². The van der Waals surface area contributed by atoms with Gasteiger partial charge in [0.2, 0.25) is 5.91 Å². The van der Waals surface area contributed by atoms with Gasteiger partial charge < -0.3 is 4.74 Å². The summed E-state index contributed by atoms with van der Waals surface area (Å²) in [7, 11) is 1.62. The van der Waals surface area contributed by atoms with Crippen molar-refractivity contribution in [2.24, 2.45) is 11.0 Å². The van der Waals surface area contributed by atoms with Crippen LogP contribution in [-0.4, -0.2) is 18.7 Å². The lowest BCUT2D eigenvalue weighted by Crippen LogP contribution is -2.21. The van der Waals surface area contributed by atoms with E-state index in [0.29, 0.717) is 12.3 Å². The molecule has 1 aromatic carbocycles. The van der Waals surface area contributed by atoms with Crippen molar-refractivity contribution in [3.8, 4) is 5.75 Å². The van der Waals surface area contributed by atoms with Gasteiger partial charge in [0.15, 0.2) is 0 Å². The van der Waals surface area contributed by atoms with E-state index >= 15 is 0 Å². The van der Waals surface area contributed by atoms with Crippen LogP contribution < -0.4 is 10.2 Å². The summed E-state index contributed by atoms with van der Waals surface area (Å²) in [5.41, 5.74) is 4.47. The van der Waals surface area contributed by atoms with Crippen LogP contribution in [0.25, 0.3) is 0 Å². The number of nitrogens with zero attached hydrogens (tertiary/aromatic N) is 1. The second-order valence-electron chi connectivity index (χ2n) is 5.00. The van der Waals surface area contributed by atoms with Crippen molar-refractivity contribution in [3.63, 3.8) is 0 Å². The van der Waals surface area contributed by atoms with Crippen molar-refractivity contribution in [2.75, 3.05) is 7.11 Å². The maximum absolute atomic E-state index is 11.7. The van der Waals surface area contributed by atoms with Gasteiger partial charge in [-0.05, 0) is 37.0 Å². The Hall–Kier alpha value is -1.84. The zero-order valence-corrected chi connectivity index (χ0v) is 12.1. The van der Waals surface area contributed by atoms with Gasteiger partial charge in [-0.15, -0.1) is 0 Å². The fourth-order valence-electron chi connectivity index (χ4n) is 1.76. The molecular weight excluding hydrogens is 240 g/mol. The molecule has 0 saturated carbocycles. The number of hydrogen-bond acceptors (Lipinski definition) is 3. The lowest BCUT2D eigenvalue weighted by Gasteiger charge is -2.05. The third-order valence-corrected chi connectivity index (χ3v) is 2.60. The molecule has 104 valence electrons. The van der Waals surface area contributed by atoms with E-state index in [2.05, 4.69) is 24.4 Å². The molecule has 0 aliphatic heterocycles. The average molecular weight is 262 g/mol. The molecule has 0 fully saturated rings. The highest BCUT2D eigenvalue weighted by Crippen LogP contribution is 2.11. The Kier molecular flexibility index (Phi) is 6.06. The number of benzene rings is 1. The summed E-state index contributed by atoms with van der Waals surface area (Å²) in [5, 5.41) is 4.09. The lowest BCUT2D eigenvalue weighted by molar-refractivity contribution is -0.120. The van der Waals surface area contributed by atoms with Crippen LogP contribution in [0.1, 0.15) is 32.8 Å². The van der Waals surface area contributed by atoms with Crippen LogP contribution in [-0.2, 0) is 11.2 Å². The Morgan fingerprint density at radius 1 is 1.32 bits per heavy atom. The molecule has 1 N–H and O–H groups in total. The normalized spacial score (nSPS) is 11.5. The second-order valence-corrected chi connectivity index (χ2v) is 5.00. The summed E-state index contributed by atoms with van der Waals surface area (Å²) in [6.45, 7) is 6.17. The van der Waals surface area contributed by atoms with Gasteiger partial charge in [-0.2, -0.15) is 5.10 Å². The number of carbonyl (C=O) groups is 1. The molecule has 0 spiro atoms. The van der Waals surface area contributed by atoms with Crippen LogP contribution in [0, 0.1) is 5.92 Å². The zero-order chi connectivity index (χ0) is 14.3. The first kappa shape index (κ1) is 15.2. The number of nitrogens with one attached hydrogen (secondary N) is 1. The minimum absolute atomic E-state index is 0.103. The topological polar surface area (TPSA) is 50.7 Å². The molecule has 0 atom stereocenters. The largest absolute Gasteiger partial charge is 0.497 e. The Labute approximate surface area is 114 Å². The highest BCUT2D eigenvalue weighted by Gasteiger charge is 2.03. The SMILES string of the molecule is COc1ccc(CC(=O)N/N=C(/C)CC(C)C)cc1. The minimum atomic E-state index is -0.103. The van der Waals surface area contributed by atoms with Crippen LogP contribution in [0.4, 0.5) is 0 Å². The Morgan fingerprint density at radius 2 is 1.95 bits per heavy atom. The van der Waals surface area contributed by atoms with Crippen molar-refractivity contribution in [1.82, 2.24) is 5.43 Å². The lowest BCUT2D eigenvalue weighted by atomic mass is 10.1. The van der Waals surface area contributed by atoms with E-state index in [1.54, 1.807) is 7.11 Å². The predicted octanol–water partition coefficient (Wildman–Crippen LogP) is 2.78. The molecule has 4 nitrogen and oxygen atoms in total. The smallest absolute Gasteiger partial charge is 0.244 e. The third kappa shape index (κ3) is 6.04. The van der Waals surface area contributed by atoms with Crippen LogP contribution in [0.15, 0.2) is 29.4 Å². The summed E-state index contributed by atoms with van der Waals surface area (Å²) in [6.07, 6.45) is 1.21. The van der Waals surface area contributed by atoms with Crippen molar-refractivity contribution in [1.29, 1.82) is 0 Å². The second kappa shape index (κ2) is 7.56. The van der Waals surface area contributed by atoms with E-state index in [-0.39, 0.29) is 5.91 Å². The van der Waals surface area contributed by atoms with Gasteiger partial charge in [-0.3, -0.25) is 4.79 Å². The fraction of sp³-hybridized carbons (Fsp3) is 0.467. The zero-order valence-electron chi connectivity index (χ0n) is 12.1. The summed E-state index contributed by atoms with van der Waals surface area (Å²) in [6, 6.07) is 7.44. The molecule has 0 aliphatic carbocycles. The number of amides is 1. The summed E-state index contributed by atoms with van der Waals surface area (Å²) in [4.78, 5) is 11.7. The molecule has 0 unspecified atom stereocenters. The number of hydrogen-bond donors (Lipinski definition) is 1. The molecule has 0 heterocycles. The van der Waals surface area contributed by atoms with Gasteiger partial charge in [0.25, 0.3) is 0 Å². The van der Waals surface area contributed by atoms with Crippen molar-refractivity contribution >= 4 is 11.6 Å². The van der Waals surface area contributed by atoms with Crippen LogP contribution in [0.5, 0.6) is 5.75 Å². The van der Waals surface area contributed by atoms with Gasteiger partial charge in [-0.25, -0.2) is 5.43 Å². The summed E-state index contributed by atoms with van der Waals surface area (Å²) >= 11 is 0. The summed E-state index contributed by atoms with van der Waals surface area (Å²) < 4.78 is 5.07. The summed E-state index contributed by atoms with van der Waals surface area (Å²) in [5.74, 6) is 1.23. The van der Waals surface area contributed by atoms with E-state index in [0.717, 1.165) is 23.4 Å². The van der Waals surface area contributed by atoms with Gasteiger partial charge in [0.05, 0.1) is 13.5 Å². The van der Waals surface area contributed by atoms with E-state index < -0.39 is 0 Å². The van der Waals surface area contributed by atoms with Crippen molar-refractivity contribution < 1.29 is 9.53 Å². The standard InChI is InChI=1S/C15H22N2O2/c1-11(2)9-12(3)16-17-15(18)10-13-5-7-14(19-4)8-6-13/h5-8,11H,9-10H2,1-4H3,(H,17,18)/b16-12-. The van der Waals surface area contributed by atoms with E-state index in [1.807, 2.05) is 31.2 Å². The van der Waals surface area contributed by atoms with Crippen LogP contribution in [0.3, 0.4) is 0 Å². The van der Waals surface area contributed by atoms with Crippen molar-refractivity contribution in [3.05, 3.63) is 29.8 Å². The highest BCUT2D eigenvalue weighted by molar-refractivity contribution is 5.85. The molecule has 1 aromatic rings. The Morgan fingerprint density at radius 3 is 2.47 bits per heavy atom. The molecule has 4 heteroatoms. The van der Waals surface area contributed by atoms with Gasteiger partial charge in [0.1, 0.15) is 5.75 Å². The molecule has 1 amide bonds. The maximum Gasteiger partial charge on any atom is 0.244 e. The van der Waals surface area contributed by atoms with Gasteiger partial charge in [0, 0.05) is 5.71 Å². The number of hydrazone groups is 1. The minimum Gasteiger partial charge on any atom is -0.497 e. The first-order chi connectivity index (χ1) is 9.01. The van der Waals surface area contributed by atoms with Gasteiger partial charge in [-0.1, -0.05) is 26.0 Å². The predicted molar refractivity (Wildman–Crippen MR) is 77.4 cm³/mol. The Balaban J connectivity index is 2.46. The first-order valence-corrected chi connectivity index (χ1v) is 6.46. The fourth-order valence-corrected chi connectivity index (χ4v) is 1.76. The number of carbonyl (C=O) groups excluding carboxylic acids is 1. The van der Waals surface area contributed by atoms with Crippen LogP contribution >= 0.6 is 0 Å². The Bertz CT molecular complexity index is 436. The van der Waals surface area contributed by atoms with E-state index in [9.17, 15) is 4.79 Å². The third-order valence-electron chi connectivity index (χ3n) is 2.60. The number of ether oxygens (including phenoxy) is 1.